The fourth-order valence-electron chi connectivity index (χ4n) is 1.87. The number of hydrogen-bond donors (Lipinski definition) is 0. The summed E-state index contributed by atoms with van der Waals surface area (Å²) >= 11 is 0. The second-order valence-electron chi connectivity index (χ2n) is 4.38. The van der Waals surface area contributed by atoms with Gasteiger partial charge >= 0.3 is 5.97 Å². The van der Waals surface area contributed by atoms with Crippen molar-refractivity contribution >= 4 is 12.3 Å². The van der Waals surface area contributed by atoms with Gasteiger partial charge in [-0.3, -0.25) is 9.59 Å². The van der Waals surface area contributed by atoms with E-state index in [4.69, 9.17) is 9.47 Å². The Morgan fingerprint density at radius 1 is 1.10 bits per heavy atom. The molecule has 4 nitrogen and oxygen atoms in total. The van der Waals surface area contributed by atoms with Gasteiger partial charge in [0, 0.05) is 0 Å². The lowest BCUT2D eigenvalue weighted by molar-refractivity contribution is -0.133. The maximum absolute atomic E-state index is 11.9. The van der Waals surface area contributed by atoms with E-state index in [1.54, 1.807) is 24.3 Å². The molecule has 0 unspecified atom stereocenters. The molecule has 0 N–H and O–H groups in total. The fourth-order valence-corrected chi connectivity index (χ4v) is 1.87. The second kappa shape index (κ2) is 7.24. The van der Waals surface area contributed by atoms with E-state index in [1.807, 2.05) is 31.2 Å². The Balaban J connectivity index is 1.99. The third kappa shape index (κ3) is 4.18. The number of benzene rings is 2. The molecule has 0 aromatic heterocycles. The van der Waals surface area contributed by atoms with Crippen molar-refractivity contribution in [1.29, 1.82) is 0 Å². The molecule has 0 amide bonds. The molecule has 0 atom stereocenters. The molecule has 0 bridgehead atoms. The zero-order valence-corrected chi connectivity index (χ0v) is 11.7. The lowest BCUT2D eigenvalue weighted by atomic mass is 10.1. The summed E-state index contributed by atoms with van der Waals surface area (Å²) in [7, 11) is 0. The third-order valence-corrected chi connectivity index (χ3v) is 2.85. The summed E-state index contributed by atoms with van der Waals surface area (Å²) in [5.74, 6) is 0.637. The van der Waals surface area contributed by atoms with Crippen molar-refractivity contribution in [2.45, 2.75) is 13.3 Å². The standard InChI is InChI=1S/C17H16O4/c1-2-20-15-9-7-13(8-10-15)11-17(19)21-16-6-4-3-5-14(16)12-18/h3-10,12H,2,11H2,1H3. The Morgan fingerprint density at radius 3 is 2.48 bits per heavy atom. The highest BCUT2D eigenvalue weighted by atomic mass is 16.5. The van der Waals surface area contributed by atoms with E-state index in [0.717, 1.165) is 11.3 Å². The van der Waals surface area contributed by atoms with Crippen LogP contribution in [0.15, 0.2) is 48.5 Å². The Morgan fingerprint density at radius 2 is 1.81 bits per heavy atom. The fraction of sp³-hybridized carbons (Fsp3) is 0.176. The molecule has 2 aromatic carbocycles. The van der Waals surface area contributed by atoms with Gasteiger partial charge in [-0.15, -0.1) is 0 Å². The summed E-state index contributed by atoms with van der Waals surface area (Å²) in [5, 5.41) is 0. The molecule has 0 fully saturated rings. The Labute approximate surface area is 123 Å². The highest BCUT2D eigenvalue weighted by Crippen LogP contribution is 2.17. The second-order valence-corrected chi connectivity index (χ2v) is 4.38. The zero-order chi connectivity index (χ0) is 15.1. The molecule has 0 aliphatic carbocycles. The van der Waals surface area contributed by atoms with Crippen LogP contribution in [0, 0.1) is 0 Å². The lowest BCUT2D eigenvalue weighted by Crippen LogP contribution is -2.12. The number of hydrogen-bond acceptors (Lipinski definition) is 4. The van der Waals surface area contributed by atoms with E-state index in [-0.39, 0.29) is 12.2 Å². The monoisotopic (exact) mass is 284 g/mol. The quantitative estimate of drug-likeness (QED) is 0.465. The molecule has 108 valence electrons. The van der Waals surface area contributed by atoms with Crippen LogP contribution in [-0.2, 0) is 11.2 Å². The SMILES string of the molecule is CCOc1ccc(CC(=O)Oc2ccccc2C=O)cc1. The van der Waals surface area contributed by atoms with E-state index >= 15 is 0 Å². The average Bonchev–Trinajstić information content (AvgIpc) is 2.50. The third-order valence-electron chi connectivity index (χ3n) is 2.85. The van der Waals surface area contributed by atoms with E-state index in [2.05, 4.69) is 0 Å². The van der Waals surface area contributed by atoms with Crippen LogP contribution in [0.5, 0.6) is 11.5 Å². The summed E-state index contributed by atoms with van der Waals surface area (Å²) in [6.45, 7) is 2.51. The molecule has 0 radical (unpaired) electrons. The smallest absolute Gasteiger partial charge is 0.315 e. The summed E-state index contributed by atoms with van der Waals surface area (Å²) in [4.78, 5) is 22.8. The Kier molecular flexibility index (Phi) is 5.10. The lowest BCUT2D eigenvalue weighted by Gasteiger charge is -2.07. The number of rotatable bonds is 6. The van der Waals surface area contributed by atoms with E-state index in [0.29, 0.717) is 18.5 Å². The molecule has 0 saturated heterocycles. The van der Waals surface area contributed by atoms with Crippen LogP contribution in [0.25, 0.3) is 0 Å². The van der Waals surface area contributed by atoms with Gasteiger partial charge in [0.1, 0.15) is 11.5 Å². The molecule has 4 heteroatoms. The van der Waals surface area contributed by atoms with Crippen molar-refractivity contribution < 1.29 is 19.1 Å². The number of carbonyl (C=O) groups is 2. The number of para-hydroxylation sites is 1. The predicted molar refractivity (Wildman–Crippen MR) is 78.8 cm³/mol. The molecular formula is C17H16O4. The van der Waals surface area contributed by atoms with Gasteiger partial charge in [-0.25, -0.2) is 0 Å². The van der Waals surface area contributed by atoms with E-state index in [1.165, 1.54) is 0 Å². The van der Waals surface area contributed by atoms with Crippen LogP contribution >= 0.6 is 0 Å². The van der Waals surface area contributed by atoms with Gasteiger partial charge in [0.25, 0.3) is 0 Å². The first-order chi connectivity index (χ1) is 10.2. The molecule has 2 aromatic rings. The predicted octanol–water partition coefficient (Wildman–Crippen LogP) is 3.05. The van der Waals surface area contributed by atoms with Crippen LogP contribution < -0.4 is 9.47 Å². The van der Waals surface area contributed by atoms with Crippen molar-refractivity contribution in [3.63, 3.8) is 0 Å². The highest BCUT2D eigenvalue weighted by Gasteiger charge is 2.09. The van der Waals surface area contributed by atoms with Crippen LogP contribution in [0.4, 0.5) is 0 Å². The highest BCUT2D eigenvalue weighted by molar-refractivity contribution is 5.83. The van der Waals surface area contributed by atoms with E-state index < -0.39 is 5.97 Å². The van der Waals surface area contributed by atoms with Gasteiger partial charge < -0.3 is 9.47 Å². The molecule has 0 aliphatic heterocycles. The molecule has 0 aliphatic rings. The summed E-state index contributed by atoms with van der Waals surface area (Å²) in [6, 6.07) is 13.9. The van der Waals surface area contributed by atoms with Gasteiger partial charge in [-0.05, 0) is 36.8 Å². The van der Waals surface area contributed by atoms with Crippen LogP contribution in [0.2, 0.25) is 0 Å². The van der Waals surface area contributed by atoms with Crippen molar-refractivity contribution in [3.8, 4) is 11.5 Å². The van der Waals surface area contributed by atoms with Gasteiger partial charge in [-0.2, -0.15) is 0 Å². The van der Waals surface area contributed by atoms with Gasteiger partial charge in [0.15, 0.2) is 6.29 Å². The topological polar surface area (TPSA) is 52.6 Å². The average molecular weight is 284 g/mol. The minimum absolute atomic E-state index is 0.138. The summed E-state index contributed by atoms with van der Waals surface area (Å²) in [6.07, 6.45) is 0.805. The number of aldehydes is 1. The van der Waals surface area contributed by atoms with Gasteiger partial charge in [0.05, 0.1) is 18.6 Å². The first-order valence-corrected chi connectivity index (χ1v) is 6.69. The molecule has 0 spiro atoms. The van der Waals surface area contributed by atoms with Gasteiger partial charge in [-0.1, -0.05) is 24.3 Å². The molecule has 21 heavy (non-hydrogen) atoms. The van der Waals surface area contributed by atoms with Crippen molar-refractivity contribution in [3.05, 3.63) is 59.7 Å². The Hall–Kier alpha value is -2.62. The maximum atomic E-state index is 11.9. The maximum Gasteiger partial charge on any atom is 0.315 e. The first-order valence-electron chi connectivity index (χ1n) is 6.69. The van der Waals surface area contributed by atoms with Crippen LogP contribution in [-0.4, -0.2) is 18.9 Å². The molecular weight excluding hydrogens is 268 g/mol. The van der Waals surface area contributed by atoms with Crippen LogP contribution in [0.3, 0.4) is 0 Å². The molecule has 0 saturated carbocycles. The summed E-state index contributed by atoms with van der Waals surface area (Å²) in [5.41, 5.74) is 1.18. The minimum atomic E-state index is -0.409. The normalized spacial score (nSPS) is 9.95. The van der Waals surface area contributed by atoms with Crippen molar-refractivity contribution in [2.24, 2.45) is 0 Å². The first kappa shape index (κ1) is 14.8. The number of ether oxygens (including phenoxy) is 2. The van der Waals surface area contributed by atoms with Crippen molar-refractivity contribution in [1.82, 2.24) is 0 Å². The Bertz CT molecular complexity index is 617. The van der Waals surface area contributed by atoms with E-state index in [9.17, 15) is 9.59 Å². The van der Waals surface area contributed by atoms with Crippen LogP contribution in [0.1, 0.15) is 22.8 Å². The summed E-state index contributed by atoms with van der Waals surface area (Å²) < 4.78 is 10.6. The largest absolute Gasteiger partial charge is 0.494 e. The van der Waals surface area contributed by atoms with Crippen molar-refractivity contribution in [2.75, 3.05) is 6.61 Å². The molecule has 0 heterocycles. The zero-order valence-electron chi connectivity index (χ0n) is 11.7. The van der Waals surface area contributed by atoms with Gasteiger partial charge in [0.2, 0.25) is 0 Å². The number of esters is 1. The number of carbonyl (C=O) groups excluding carboxylic acids is 2. The minimum Gasteiger partial charge on any atom is -0.494 e. The molecule has 2 rings (SSSR count).